The molecule has 0 saturated heterocycles. The summed E-state index contributed by atoms with van der Waals surface area (Å²) in [5, 5.41) is 0. The first-order valence-electron chi connectivity index (χ1n) is 6.16. The molecule has 0 radical (unpaired) electrons. The molecule has 0 fully saturated rings. The minimum atomic E-state index is -0.516. The minimum Gasteiger partial charge on any atom is -0.402 e. The summed E-state index contributed by atoms with van der Waals surface area (Å²) >= 11 is 3.35. The van der Waals surface area contributed by atoms with Gasteiger partial charge in [0.05, 0.1) is 0 Å². The van der Waals surface area contributed by atoms with Gasteiger partial charge >= 0.3 is 5.97 Å². The van der Waals surface area contributed by atoms with Crippen LogP contribution in [0.25, 0.3) is 6.08 Å². The molecule has 0 saturated carbocycles. The number of ether oxygens (including phenoxy) is 1. The van der Waals surface area contributed by atoms with E-state index in [1.165, 1.54) is 24.3 Å². The number of cyclic esters (lactones) is 1. The van der Waals surface area contributed by atoms with E-state index in [9.17, 15) is 9.18 Å². The lowest BCUT2D eigenvalue weighted by Crippen LogP contribution is -2.05. The van der Waals surface area contributed by atoms with Gasteiger partial charge < -0.3 is 4.74 Å². The Morgan fingerprint density at radius 1 is 1.05 bits per heavy atom. The molecule has 0 aromatic heterocycles. The Labute approximate surface area is 128 Å². The van der Waals surface area contributed by atoms with E-state index in [0.29, 0.717) is 5.56 Å². The zero-order valence-corrected chi connectivity index (χ0v) is 12.3. The summed E-state index contributed by atoms with van der Waals surface area (Å²) in [7, 11) is 0. The standard InChI is InChI=1S/C16H9BrFNO2/c17-12-5-1-10(2-6-12)9-14-16(20)21-15(19-14)11-3-7-13(18)8-4-11/h1-9H. The molecular formula is C16H9BrFNO2. The molecule has 0 amide bonds. The molecule has 2 aromatic carbocycles. The van der Waals surface area contributed by atoms with Crippen molar-refractivity contribution in [2.45, 2.75) is 0 Å². The first-order chi connectivity index (χ1) is 10.1. The van der Waals surface area contributed by atoms with E-state index in [4.69, 9.17) is 4.74 Å². The van der Waals surface area contributed by atoms with E-state index in [1.54, 1.807) is 6.08 Å². The van der Waals surface area contributed by atoms with E-state index in [-0.39, 0.29) is 17.4 Å². The number of halogens is 2. The van der Waals surface area contributed by atoms with Gasteiger partial charge in [0, 0.05) is 10.0 Å². The topological polar surface area (TPSA) is 38.7 Å². The first kappa shape index (κ1) is 13.7. The fraction of sp³-hybridized carbons (Fsp3) is 0. The average Bonchev–Trinajstić information content (AvgIpc) is 2.83. The number of carbonyl (C=O) groups is 1. The Morgan fingerprint density at radius 2 is 1.71 bits per heavy atom. The van der Waals surface area contributed by atoms with Crippen LogP contribution in [-0.4, -0.2) is 11.9 Å². The quantitative estimate of drug-likeness (QED) is 0.610. The number of benzene rings is 2. The molecule has 1 heterocycles. The lowest BCUT2D eigenvalue weighted by Gasteiger charge is -1.98. The second kappa shape index (κ2) is 5.61. The summed E-state index contributed by atoms with van der Waals surface area (Å²) < 4.78 is 18.9. The van der Waals surface area contributed by atoms with Gasteiger partial charge in [-0.05, 0) is 48.0 Å². The van der Waals surface area contributed by atoms with Crippen LogP contribution in [0.15, 0.2) is 63.7 Å². The molecule has 0 unspecified atom stereocenters. The van der Waals surface area contributed by atoms with E-state index >= 15 is 0 Å². The molecule has 5 heteroatoms. The van der Waals surface area contributed by atoms with Crippen molar-refractivity contribution < 1.29 is 13.9 Å². The molecule has 1 aliphatic heterocycles. The molecule has 3 nitrogen and oxygen atoms in total. The van der Waals surface area contributed by atoms with Crippen LogP contribution in [0.1, 0.15) is 11.1 Å². The van der Waals surface area contributed by atoms with Crippen LogP contribution in [0.2, 0.25) is 0 Å². The second-order valence-electron chi connectivity index (χ2n) is 4.39. The summed E-state index contributed by atoms with van der Waals surface area (Å²) in [5.41, 5.74) is 1.62. The summed E-state index contributed by atoms with van der Waals surface area (Å²) in [6.45, 7) is 0. The molecule has 104 valence electrons. The number of carbonyl (C=O) groups excluding carboxylic acids is 1. The fourth-order valence-electron chi connectivity index (χ4n) is 1.84. The number of rotatable bonds is 2. The molecule has 3 rings (SSSR count). The molecule has 0 bridgehead atoms. The smallest absolute Gasteiger partial charge is 0.363 e. The van der Waals surface area contributed by atoms with Crippen molar-refractivity contribution >= 4 is 33.9 Å². The van der Waals surface area contributed by atoms with Gasteiger partial charge in [-0.1, -0.05) is 28.1 Å². The summed E-state index contributed by atoms with van der Waals surface area (Å²) in [5.74, 6) is -0.685. The number of esters is 1. The van der Waals surface area contributed by atoms with Gasteiger partial charge in [0.15, 0.2) is 5.70 Å². The van der Waals surface area contributed by atoms with Gasteiger partial charge in [0.1, 0.15) is 5.82 Å². The zero-order chi connectivity index (χ0) is 14.8. The maximum atomic E-state index is 12.9. The normalized spacial score (nSPS) is 16.0. The molecule has 21 heavy (non-hydrogen) atoms. The average molecular weight is 346 g/mol. The van der Waals surface area contributed by atoms with E-state index in [1.807, 2.05) is 24.3 Å². The fourth-order valence-corrected chi connectivity index (χ4v) is 2.11. The molecule has 0 aliphatic carbocycles. The molecule has 1 aliphatic rings. The molecule has 0 N–H and O–H groups in total. The van der Waals surface area contributed by atoms with E-state index < -0.39 is 5.97 Å². The Balaban J connectivity index is 1.91. The van der Waals surface area contributed by atoms with Gasteiger partial charge in [-0.3, -0.25) is 0 Å². The number of hydrogen-bond acceptors (Lipinski definition) is 3. The lowest BCUT2D eigenvalue weighted by molar-refractivity contribution is -0.129. The van der Waals surface area contributed by atoms with Crippen molar-refractivity contribution in [3.8, 4) is 0 Å². The number of aliphatic imine (C=N–C) groups is 1. The van der Waals surface area contributed by atoms with Crippen molar-refractivity contribution in [1.29, 1.82) is 0 Å². The highest BCUT2D eigenvalue weighted by Gasteiger charge is 2.23. The predicted octanol–water partition coefficient (Wildman–Crippen LogP) is 3.93. The van der Waals surface area contributed by atoms with Gasteiger partial charge in [-0.25, -0.2) is 14.2 Å². The highest BCUT2D eigenvalue weighted by Crippen LogP contribution is 2.20. The zero-order valence-electron chi connectivity index (χ0n) is 10.7. The van der Waals surface area contributed by atoms with Gasteiger partial charge in [-0.2, -0.15) is 0 Å². The van der Waals surface area contributed by atoms with Gasteiger partial charge in [0.2, 0.25) is 5.90 Å². The Morgan fingerprint density at radius 3 is 2.38 bits per heavy atom. The van der Waals surface area contributed by atoms with Crippen LogP contribution < -0.4 is 0 Å². The molecule has 0 spiro atoms. The van der Waals surface area contributed by atoms with Crippen molar-refractivity contribution in [2.75, 3.05) is 0 Å². The Bertz CT molecular complexity index is 749. The lowest BCUT2D eigenvalue weighted by atomic mass is 10.2. The number of nitrogens with zero attached hydrogens (tertiary/aromatic N) is 1. The van der Waals surface area contributed by atoms with E-state index in [0.717, 1.165) is 10.0 Å². The minimum absolute atomic E-state index is 0.184. The second-order valence-corrected chi connectivity index (χ2v) is 5.31. The molecular weight excluding hydrogens is 337 g/mol. The van der Waals surface area contributed by atoms with Crippen LogP contribution in [0, 0.1) is 5.82 Å². The Kier molecular flexibility index (Phi) is 3.66. The van der Waals surface area contributed by atoms with Crippen LogP contribution in [0.3, 0.4) is 0 Å². The van der Waals surface area contributed by atoms with Gasteiger partial charge in [0.25, 0.3) is 0 Å². The van der Waals surface area contributed by atoms with Crippen molar-refractivity contribution in [3.63, 3.8) is 0 Å². The largest absolute Gasteiger partial charge is 0.402 e. The third-order valence-electron chi connectivity index (χ3n) is 2.89. The van der Waals surface area contributed by atoms with E-state index in [2.05, 4.69) is 20.9 Å². The first-order valence-corrected chi connectivity index (χ1v) is 6.95. The maximum Gasteiger partial charge on any atom is 0.363 e. The van der Waals surface area contributed by atoms with Crippen LogP contribution >= 0.6 is 15.9 Å². The van der Waals surface area contributed by atoms with Gasteiger partial charge in [-0.15, -0.1) is 0 Å². The van der Waals surface area contributed by atoms with Crippen molar-refractivity contribution in [3.05, 3.63) is 75.6 Å². The van der Waals surface area contributed by atoms with Crippen molar-refractivity contribution in [1.82, 2.24) is 0 Å². The molecule has 2 aromatic rings. The SMILES string of the molecule is O=C1OC(c2ccc(F)cc2)=NC1=Cc1ccc(Br)cc1. The Hall–Kier alpha value is -2.27. The predicted molar refractivity (Wildman–Crippen MR) is 81.1 cm³/mol. The van der Waals surface area contributed by atoms with Crippen molar-refractivity contribution in [2.24, 2.45) is 4.99 Å². The third kappa shape index (κ3) is 3.08. The monoisotopic (exact) mass is 345 g/mol. The van der Waals surface area contributed by atoms with Crippen LogP contribution in [0.4, 0.5) is 4.39 Å². The summed E-state index contributed by atoms with van der Waals surface area (Å²) in [4.78, 5) is 16.0. The maximum absolute atomic E-state index is 12.9. The van der Waals surface area contributed by atoms with Crippen LogP contribution in [-0.2, 0) is 9.53 Å². The number of hydrogen-bond donors (Lipinski definition) is 0. The van der Waals surface area contributed by atoms with Crippen LogP contribution in [0.5, 0.6) is 0 Å². The third-order valence-corrected chi connectivity index (χ3v) is 3.41. The highest BCUT2D eigenvalue weighted by molar-refractivity contribution is 9.10. The highest BCUT2D eigenvalue weighted by atomic mass is 79.9. The molecule has 0 atom stereocenters. The summed E-state index contributed by atoms with van der Waals surface area (Å²) in [6, 6.07) is 13.1. The summed E-state index contributed by atoms with van der Waals surface area (Å²) in [6.07, 6.45) is 1.64.